The minimum atomic E-state index is 1.06. The maximum atomic E-state index is 5.28. The van der Waals surface area contributed by atoms with E-state index in [1.165, 1.54) is 54.6 Å². The van der Waals surface area contributed by atoms with Crippen molar-refractivity contribution in [2.45, 2.75) is 13.8 Å². The van der Waals surface area contributed by atoms with Crippen molar-refractivity contribution in [1.29, 1.82) is 0 Å². The quantitative estimate of drug-likeness (QED) is 0.206. The van der Waals surface area contributed by atoms with Gasteiger partial charge in [-0.1, -0.05) is 97.1 Å². The third-order valence-corrected chi connectivity index (χ3v) is 6.60. The summed E-state index contributed by atoms with van der Waals surface area (Å²) in [5.41, 5.74) is 7.15. The summed E-state index contributed by atoms with van der Waals surface area (Å²) in [4.78, 5) is 5.28. The summed E-state index contributed by atoms with van der Waals surface area (Å²) in [6, 6.07) is 34.9. The highest BCUT2D eigenvalue weighted by molar-refractivity contribution is 6.21. The molecule has 0 N–H and O–H groups in total. The van der Waals surface area contributed by atoms with Crippen molar-refractivity contribution in [3.8, 4) is 11.1 Å². The number of rotatable bonds is 2. The second-order valence-corrected chi connectivity index (χ2v) is 8.41. The summed E-state index contributed by atoms with van der Waals surface area (Å²) in [6.45, 7) is 4.26. The van der Waals surface area contributed by atoms with Crippen molar-refractivity contribution >= 4 is 48.9 Å². The van der Waals surface area contributed by atoms with E-state index in [4.69, 9.17) is 4.98 Å². The lowest BCUT2D eigenvalue weighted by Crippen LogP contribution is -1.92. The zero-order chi connectivity index (χ0) is 21.7. The van der Waals surface area contributed by atoms with Gasteiger partial charge in [0.15, 0.2) is 0 Å². The molecule has 0 spiro atoms. The average Bonchev–Trinajstić information content (AvgIpc) is 2.86. The lowest BCUT2D eigenvalue weighted by molar-refractivity contribution is 1.51. The van der Waals surface area contributed by atoms with Crippen molar-refractivity contribution < 1.29 is 0 Å². The second-order valence-electron chi connectivity index (χ2n) is 8.41. The van der Waals surface area contributed by atoms with E-state index < -0.39 is 0 Å². The molecule has 152 valence electrons. The zero-order valence-corrected chi connectivity index (χ0v) is 18.3. The first kappa shape index (κ1) is 18.8. The standard InChI is InChI=1S/C31H23N/c1-3-20(2)23-11-8-12-24(19-23)29-27-17-15-21-9-4-6-13-25(21)30(27)32-31-26-14-7-5-10-22(26)16-18-28(29)31/h3-19H,1-2H3/b20-3-. The monoisotopic (exact) mass is 409 g/mol. The first-order valence-electron chi connectivity index (χ1n) is 11.1. The number of allylic oxidation sites excluding steroid dienone is 2. The fourth-order valence-electron chi connectivity index (χ4n) is 4.81. The Morgan fingerprint density at radius 1 is 0.625 bits per heavy atom. The fraction of sp³-hybridized carbons (Fsp3) is 0.0645. The van der Waals surface area contributed by atoms with E-state index in [2.05, 4.69) is 117 Å². The molecule has 0 bridgehead atoms. The summed E-state index contributed by atoms with van der Waals surface area (Å²) in [6.07, 6.45) is 2.17. The fourth-order valence-corrected chi connectivity index (χ4v) is 4.81. The van der Waals surface area contributed by atoms with Crippen LogP contribution in [0.4, 0.5) is 0 Å². The Morgan fingerprint density at radius 3 is 1.81 bits per heavy atom. The Kier molecular flexibility index (Phi) is 4.29. The van der Waals surface area contributed by atoms with Crippen molar-refractivity contribution in [2.75, 3.05) is 0 Å². The first-order chi connectivity index (χ1) is 15.7. The SMILES string of the molecule is C/C=C(/C)c1cccc(-c2c3ccc4ccccc4c3nc3c2ccc2ccccc23)c1. The van der Waals surface area contributed by atoms with E-state index in [1.54, 1.807) is 0 Å². The molecule has 6 rings (SSSR count). The van der Waals surface area contributed by atoms with Crippen LogP contribution >= 0.6 is 0 Å². The molecule has 32 heavy (non-hydrogen) atoms. The highest BCUT2D eigenvalue weighted by Gasteiger charge is 2.15. The maximum Gasteiger partial charge on any atom is 0.0794 e. The van der Waals surface area contributed by atoms with Gasteiger partial charge < -0.3 is 0 Å². The third-order valence-electron chi connectivity index (χ3n) is 6.60. The lowest BCUT2D eigenvalue weighted by atomic mass is 9.91. The van der Waals surface area contributed by atoms with Crippen molar-refractivity contribution in [2.24, 2.45) is 0 Å². The van der Waals surface area contributed by atoms with Gasteiger partial charge in [-0.2, -0.15) is 0 Å². The molecule has 0 radical (unpaired) electrons. The molecule has 0 aliphatic rings. The molecule has 0 aliphatic heterocycles. The molecule has 0 amide bonds. The van der Waals surface area contributed by atoms with Crippen LogP contribution in [-0.2, 0) is 0 Å². The van der Waals surface area contributed by atoms with Crippen LogP contribution in [0.2, 0.25) is 0 Å². The number of pyridine rings is 1. The van der Waals surface area contributed by atoms with E-state index in [0.29, 0.717) is 0 Å². The minimum Gasteiger partial charge on any atom is -0.246 e. The van der Waals surface area contributed by atoms with Crippen LogP contribution in [0.3, 0.4) is 0 Å². The summed E-state index contributed by atoms with van der Waals surface area (Å²) in [5, 5.41) is 7.22. The van der Waals surface area contributed by atoms with Gasteiger partial charge in [-0.15, -0.1) is 0 Å². The normalized spacial score (nSPS) is 12.2. The topological polar surface area (TPSA) is 12.9 Å². The van der Waals surface area contributed by atoms with Gasteiger partial charge in [0.25, 0.3) is 0 Å². The molecule has 5 aromatic carbocycles. The van der Waals surface area contributed by atoms with E-state index in [1.807, 2.05) is 0 Å². The highest BCUT2D eigenvalue weighted by atomic mass is 14.7. The Labute approximate surface area is 187 Å². The average molecular weight is 410 g/mol. The van der Waals surface area contributed by atoms with Gasteiger partial charge in [0.2, 0.25) is 0 Å². The zero-order valence-electron chi connectivity index (χ0n) is 18.3. The molecule has 0 atom stereocenters. The molecule has 1 heterocycles. The number of aromatic nitrogens is 1. The third kappa shape index (κ3) is 2.82. The van der Waals surface area contributed by atoms with Gasteiger partial charge in [-0.25, -0.2) is 4.98 Å². The minimum absolute atomic E-state index is 1.06. The van der Waals surface area contributed by atoms with Crippen LogP contribution in [-0.4, -0.2) is 4.98 Å². The van der Waals surface area contributed by atoms with Crippen LogP contribution in [0, 0.1) is 0 Å². The molecule has 0 unspecified atom stereocenters. The highest BCUT2D eigenvalue weighted by Crippen LogP contribution is 2.40. The predicted octanol–water partition coefficient (Wildman–Crippen LogP) is 8.78. The summed E-state index contributed by atoms with van der Waals surface area (Å²) < 4.78 is 0. The number of hydrogen-bond donors (Lipinski definition) is 0. The van der Waals surface area contributed by atoms with Crippen LogP contribution in [0.1, 0.15) is 19.4 Å². The van der Waals surface area contributed by atoms with Crippen molar-refractivity contribution in [3.63, 3.8) is 0 Å². The molecular weight excluding hydrogens is 386 g/mol. The van der Waals surface area contributed by atoms with Crippen LogP contribution in [0.25, 0.3) is 60.1 Å². The number of hydrogen-bond acceptors (Lipinski definition) is 1. The van der Waals surface area contributed by atoms with Crippen molar-refractivity contribution in [3.05, 3.63) is 109 Å². The number of benzene rings is 5. The van der Waals surface area contributed by atoms with Gasteiger partial charge in [-0.3, -0.25) is 0 Å². The number of fused-ring (bicyclic) bond motifs is 6. The van der Waals surface area contributed by atoms with Gasteiger partial charge in [0, 0.05) is 27.1 Å². The summed E-state index contributed by atoms with van der Waals surface area (Å²) in [7, 11) is 0. The first-order valence-corrected chi connectivity index (χ1v) is 11.1. The summed E-state index contributed by atoms with van der Waals surface area (Å²) >= 11 is 0. The molecule has 0 saturated heterocycles. The molecule has 0 aliphatic carbocycles. The second kappa shape index (κ2) is 7.32. The molecule has 1 nitrogen and oxygen atoms in total. The van der Waals surface area contributed by atoms with E-state index >= 15 is 0 Å². The van der Waals surface area contributed by atoms with E-state index in [9.17, 15) is 0 Å². The Bertz CT molecular complexity index is 1590. The molecule has 6 aromatic rings. The molecule has 0 saturated carbocycles. The Morgan fingerprint density at radius 2 is 1.22 bits per heavy atom. The van der Waals surface area contributed by atoms with Gasteiger partial charge >= 0.3 is 0 Å². The Balaban J connectivity index is 1.84. The molecule has 1 heteroatoms. The maximum absolute atomic E-state index is 5.28. The van der Waals surface area contributed by atoms with Crippen LogP contribution in [0.5, 0.6) is 0 Å². The Hall–Kier alpha value is -3.97. The largest absolute Gasteiger partial charge is 0.246 e. The lowest BCUT2D eigenvalue weighted by Gasteiger charge is -2.15. The molecule has 0 fully saturated rings. The van der Waals surface area contributed by atoms with Crippen LogP contribution in [0.15, 0.2) is 103 Å². The van der Waals surface area contributed by atoms with Gasteiger partial charge in [0.1, 0.15) is 0 Å². The van der Waals surface area contributed by atoms with E-state index in [0.717, 1.165) is 11.0 Å². The van der Waals surface area contributed by atoms with E-state index in [-0.39, 0.29) is 0 Å². The van der Waals surface area contributed by atoms with Crippen LogP contribution < -0.4 is 0 Å². The smallest absolute Gasteiger partial charge is 0.0794 e. The summed E-state index contributed by atoms with van der Waals surface area (Å²) in [5.74, 6) is 0. The van der Waals surface area contributed by atoms with Crippen molar-refractivity contribution in [1.82, 2.24) is 4.98 Å². The molecular formula is C31H23N. The van der Waals surface area contributed by atoms with Gasteiger partial charge in [-0.05, 0) is 47.4 Å². The van der Waals surface area contributed by atoms with Gasteiger partial charge in [0.05, 0.1) is 11.0 Å². The molecule has 1 aromatic heterocycles. The number of nitrogens with zero attached hydrogens (tertiary/aromatic N) is 1. The predicted molar refractivity (Wildman–Crippen MR) is 139 cm³/mol.